The quantitative estimate of drug-likeness (QED) is 0.138. The Morgan fingerprint density at radius 2 is 1.80 bits per heavy atom. The fourth-order valence-electron chi connectivity index (χ4n) is 4.34. The van der Waals surface area contributed by atoms with Gasteiger partial charge in [-0.15, -0.1) is 6.58 Å². The minimum absolute atomic E-state index is 0.179. The number of amides is 1. The summed E-state index contributed by atoms with van der Waals surface area (Å²) in [7, 11) is 0. The van der Waals surface area contributed by atoms with Crippen molar-refractivity contribution in [3.05, 3.63) is 75.1 Å². The zero-order valence-electron chi connectivity index (χ0n) is 19.3. The Balaban J connectivity index is 1.39. The fraction of sp³-hybridized carbons (Fsp3) is 0.333. The molecule has 1 aliphatic carbocycles. The van der Waals surface area contributed by atoms with E-state index in [0.29, 0.717) is 49.7 Å². The smallest absolute Gasteiger partial charge is 0.266 e. The van der Waals surface area contributed by atoms with Crippen LogP contribution in [0.5, 0.6) is 11.5 Å². The first-order valence-corrected chi connectivity index (χ1v) is 13.6. The van der Waals surface area contributed by atoms with Crippen LogP contribution in [-0.2, 0) is 4.79 Å². The Morgan fingerprint density at radius 3 is 2.51 bits per heavy atom. The standard InChI is InChI=1S/C27H27Cl2NO3S2/c1-2-12-30-26(31)24(35-27(30)34)16-20-15-21(28)17-23(29)25(20)33-14-13-32-22-10-8-19(9-11-22)18-6-4-3-5-7-18/h2,8-11,15-18H,1,3-7,12-14H2/b24-16-. The molecule has 0 unspecified atom stereocenters. The molecule has 4 nitrogen and oxygen atoms in total. The van der Waals surface area contributed by atoms with Crippen LogP contribution in [0.2, 0.25) is 10.0 Å². The predicted octanol–water partition coefficient (Wildman–Crippen LogP) is 7.89. The van der Waals surface area contributed by atoms with Crippen LogP contribution in [0.4, 0.5) is 0 Å². The molecule has 0 bridgehead atoms. The summed E-state index contributed by atoms with van der Waals surface area (Å²) in [5, 5.41) is 0.812. The first-order chi connectivity index (χ1) is 17.0. The summed E-state index contributed by atoms with van der Waals surface area (Å²) in [6.45, 7) is 4.67. The minimum Gasteiger partial charge on any atom is -0.490 e. The van der Waals surface area contributed by atoms with E-state index in [1.165, 1.54) is 54.3 Å². The van der Waals surface area contributed by atoms with Crippen molar-refractivity contribution in [2.45, 2.75) is 38.0 Å². The number of nitrogens with zero attached hydrogens (tertiary/aromatic N) is 1. The fourth-order valence-corrected chi connectivity index (χ4v) is 6.17. The molecule has 0 atom stereocenters. The number of benzene rings is 2. The van der Waals surface area contributed by atoms with E-state index in [1.807, 2.05) is 12.1 Å². The van der Waals surface area contributed by atoms with Gasteiger partial charge in [0.05, 0.1) is 9.93 Å². The molecular weight excluding hydrogens is 521 g/mol. The second kappa shape index (κ2) is 12.3. The molecule has 0 N–H and O–H groups in total. The van der Waals surface area contributed by atoms with Crippen LogP contribution in [-0.4, -0.2) is 34.9 Å². The number of hydrogen-bond donors (Lipinski definition) is 0. The van der Waals surface area contributed by atoms with Crippen molar-refractivity contribution in [2.24, 2.45) is 0 Å². The van der Waals surface area contributed by atoms with E-state index in [0.717, 1.165) is 5.75 Å². The van der Waals surface area contributed by atoms with E-state index in [1.54, 1.807) is 24.3 Å². The molecule has 35 heavy (non-hydrogen) atoms. The maximum atomic E-state index is 12.7. The largest absolute Gasteiger partial charge is 0.490 e. The average Bonchev–Trinajstić information content (AvgIpc) is 3.11. The van der Waals surface area contributed by atoms with Gasteiger partial charge in [-0.3, -0.25) is 9.69 Å². The Hall–Kier alpha value is -1.99. The van der Waals surface area contributed by atoms with Gasteiger partial charge in [0.15, 0.2) is 0 Å². The monoisotopic (exact) mass is 547 g/mol. The molecule has 1 saturated heterocycles. The second-order valence-electron chi connectivity index (χ2n) is 8.49. The molecule has 1 saturated carbocycles. The van der Waals surface area contributed by atoms with Gasteiger partial charge in [0, 0.05) is 17.1 Å². The highest BCUT2D eigenvalue weighted by Crippen LogP contribution is 2.38. The summed E-state index contributed by atoms with van der Waals surface area (Å²) < 4.78 is 12.3. The molecule has 0 aromatic heterocycles. The summed E-state index contributed by atoms with van der Waals surface area (Å²) in [6, 6.07) is 11.7. The SMILES string of the molecule is C=CCN1C(=O)/C(=C/c2cc(Cl)cc(Cl)c2OCCOc2ccc(C3CCCCC3)cc2)SC1=S. The number of carbonyl (C=O) groups excluding carboxylic acids is 1. The predicted molar refractivity (Wildman–Crippen MR) is 150 cm³/mol. The molecule has 2 aromatic rings. The van der Waals surface area contributed by atoms with Crippen molar-refractivity contribution < 1.29 is 14.3 Å². The van der Waals surface area contributed by atoms with Crippen molar-refractivity contribution >= 4 is 63.5 Å². The van der Waals surface area contributed by atoms with Gasteiger partial charge in [0.25, 0.3) is 5.91 Å². The second-order valence-corrected chi connectivity index (χ2v) is 11.0. The van der Waals surface area contributed by atoms with Crippen LogP contribution in [0, 0.1) is 0 Å². The molecule has 2 aromatic carbocycles. The van der Waals surface area contributed by atoms with E-state index in [-0.39, 0.29) is 12.5 Å². The number of thiocarbonyl (C=S) groups is 1. The first kappa shape index (κ1) is 26.1. The van der Waals surface area contributed by atoms with Crippen LogP contribution in [0.15, 0.2) is 54.0 Å². The molecule has 2 fully saturated rings. The molecule has 0 radical (unpaired) electrons. The van der Waals surface area contributed by atoms with Crippen molar-refractivity contribution in [3.63, 3.8) is 0 Å². The molecule has 1 aliphatic heterocycles. The van der Waals surface area contributed by atoms with E-state index >= 15 is 0 Å². The highest BCUT2D eigenvalue weighted by molar-refractivity contribution is 8.26. The van der Waals surface area contributed by atoms with E-state index in [9.17, 15) is 4.79 Å². The highest BCUT2D eigenvalue weighted by Gasteiger charge is 2.31. The Kier molecular flexibility index (Phi) is 9.17. The van der Waals surface area contributed by atoms with Crippen LogP contribution in [0.1, 0.15) is 49.1 Å². The van der Waals surface area contributed by atoms with Crippen molar-refractivity contribution in [3.8, 4) is 11.5 Å². The van der Waals surface area contributed by atoms with E-state index in [4.69, 9.17) is 44.9 Å². The van der Waals surface area contributed by atoms with Gasteiger partial charge in [-0.05, 0) is 54.7 Å². The lowest BCUT2D eigenvalue weighted by Crippen LogP contribution is -2.27. The summed E-state index contributed by atoms with van der Waals surface area (Å²) in [5.74, 6) is 1.74. The van der Waals surface area contributed by atoms with Crippen molar-refractivity contribution in [1.82, 2.24) is 4.90 Å². The summed E-state index contributed by atoms with van der Waals surface area (Å²) in [6.07, 6.45) is 9.89. The average molecular weight is 549 g/mol. The maximum absolute atomic E-state index is 12.7. The van der Waals surface area contributed by atoms with Gasteiger partial charge in [0.1, 0.15) is 29.0 Å². The van der Waals surface area contributed by atoms with E-state index < -0.39 is 0 Å². The molecule has 8 heteroatoms. The lowest BCUT2D eigenvalue weighted by atomic mass is 9.84. The van der Waals surface area contributed by atoms with Crippen molar-refractivity contribution in [2.75, 3.05) is 19.8 Å². The summed E-state index contributed by atoms with van der Waals surface area (Å²) in [4.78, 5) is 14.7. The third kappa shape index (κ3) is 6.62. The number of carbonyl (C=O) groups is 1. The summed E-state index contributed by atoms with van der Waals surface area (Å²) in [5.41, 5.74) is 2.00. The number of thioether (sulfide) groups is 1. The van der Waals surface area contributed by atoms with Gasteiger partial charge >= 0.3 is 0 Å². The van der Waals surface area contributed by atoms with Crippen LogP contribution in [0.25, 0.3) is 6.08 Å². The molecular formula is C27H27Cl2NO3S2. The first-order valence-electron chi connectivity index (χ1n) is 11.7. The molecule has 1 heterocycles. The zero-order valence-corrected chi connectivity index (χ0v) is 22.4. The van der Waals surface area contributed by atoms with Crippen LogP contribution >= 0.6 is 47.2 Å². The molecule has 184 valence electrons. The molecule has 2 aliphatic rings. The van der Waals surface area contributed by atoms with Crippen LogP contribution in [0.3, 0.4) is 0 Å². The lowest BCUT2D eigenvalue weighted by Gasteiger charge is -2.22. The van der Waals surface area contributed by atoms with Crippen molar-refractivity contribution in [1.29, 1.82) is 0 Å². The van der Waals surface area contributed by atoms with Gasteiger partial charge < -0.3 is 9.47 Å². The van der Waals surface area contributed by atoms with Gasteiger partial charge in [-0.1, -0.05) is 84.7 Å². The molecule has 1 amide bonds. The third-order valence-corrected chi connectivity index (χ3v) is 7.94. The topological polar surface area (TPSA) is 38.8 Å². The lowest BCUT2D eigenvalue weighted by molar-refractivity contribution is -0.121. The number of rotatable bonds is 9. The zero-order chi connectivity index (χ0) is 24.8. The normalized spacial score (nSPS) is 17.8. The van der Waals surface area contributed by atoms with Gasteiger partial charge in [-0.2, -0.15) is 0 Å². The number of ether oxygens (including phenoxy) is 2. The summed E-state index contributed by atoms with van der Waals surface area (Å²) >= 11 is 19.2. The maximum Gasteiger partial charge on any atom is 0.266 e. The molecule has 4 rings (SSSR count). The van der Waals surface area contributed by atoms with Gasteiger partial charge in [-0.25, -0.2) is 0 Å². The van der Waals surface area contributed by atoms with Gasteiger partial charge in [0.2, 0.25) is 0 Å². The van der Waals surface area contributed by atoms with Crippen LogP contribution < -0.4 is 9.47 Å². The minimum atomic E-state index is -0.179. The van der Waals surface area contributed by atoms with E-state index in [2.05, 4.69) is 18.7 Å². The Bertz CT molecular complexity index is 1130. The Morgan fingerprint density at radius 1 is 1.09 bits per heavy atom. The number of halogens is 2. The highest BCUT2D eigenvalue weighted by atomic mass is 35.5. The third-order valence-electron chi connectivity index (χ3n) is 6.06. The number of hydrogen-bond acceptors (Lipinski definition) is 5. The molecule has 0 spiro atoms. The Labute approximate surface area is 226 Å².